The number of amidine groups is 1. The van der Waals surface area contributed by atoms with Gasteiger partial charge in [0.05, 0.1) is 33.5 Å². The third kappa shape index (κ3) is 2.29. The van der Waals surface area contributed by atoms with E-state index in [1.165, 1.54) is 21.3 Å². The number of benzene rings is 1. The Kier molecular flexibility index (Phi) is 5.08. The van der Waals surface area contributed by atoms with Gasteiger partial charge in [-0.1, -0.05) is 0 Å². The number of hydrogen-bond donors (Lipinski definition) is 1. The summed E-state index contributed by atoms with van der Waals surface area (Å²) in [5.74, 6) is -1.10. The van der Waals surface area contributed by atoms with Gasteiger partial charge in [0.15, 0.2) is 16.9 Å². The van der Waals surface area contributed by atoms with Gasteiger partial charge in [-0.2, -0.15) is 10.5 Å². The van der Waals surface area contributed by atoms with Gasteiger partial charge in [-0.15, -0.1) is 0 Å². The molecule has 0 saturated heterocycles. The van der Waals surface area contributed by atoms with Gasteiger partial charge in [-0.25, -0.2) is 4.99 Å². The summed E-state index contributed by atoms with van der Waals surface area (Å²) in [4.78, 5) is 4.33. The molecule has 1 heterocycles. The number of hydrogen-bond acceptors (Lipinski definition) is 9. The molecule has 1 aromatic carbocycles. The summed E-state index contributed by atoms with van der Waals surface area (Å²) >= 11 is 0. The van der Waals surface area contributed by atoms with Crippen LogP contribution in [-0.4, -0.2) is 46.3 Å². The molecule has 9 nitrogen and oxygen atoms in total. The van der Waals surface area contributed by atoms with Crippen molar-refractivity contribution in [2.45, 2.75) is 25.7 Å². The van der Waals surface area contributed by atoms with Gasteiger partial charge in [0.25, 0.3) is 5.91 Å². The highest BCUT2D eigenvalue weighted by atomic mass is 16.7. The molecule has 2 N–H and O–H groups in total. The summed E-state index contributed by atoms with van der Waals surface area (Å²) in [6.45, 7) is 3.98. The van der Waals surface area contributed by atoms with Gasteiger partial charge in [0.1, 0.15) is 11.3 Å². The van der Waals surface area contributed by atoms with Crippen LogP contribution in [0.4, 0.5) is 0 Å². The van der Waals surface area contributed by atoms with E-state index >= 15 is 0 Å². The molecule has 9 heteroatoms. The predicted molar refractivity (Wildman–Crippen MR) is 103 cm³/mol. The van der Waals surface area contributed by atoms with E-state index in [9.17, 15) is 10.5 Å². The third-order valence-electron chi connectivity index (χ3n) is 5.63. The average Bonchev–Trinajstić information content (AvgIpc) is 3.31. The quantitative estimate of drug-likeness (QED) is 0.655. The second-order valence-electron chi connectivity index (χ2n) is 6.68. The smallest absolute Gasteiger partial charge is 0.293 e. The molecule has 1 fully saturated rings. The minimum atomic E-state index is -1.67. The van der Waals surface area contributed by atoms with Crippen LogP contribution < -0.4 is 19.9 Å². The van der Waals surface area contributed by atoms with E-state index in [0.717, 1.165) is 0 Å². The lowest BCUT2D eigenvalue weighted by molar-refractivity contribution is -0.255. The SMILES string of the molecule is CCOC1(OCC)N=C(N)[C@]2(C#N)[C@H](c3cc(OC)c(OC)c(OC)c3)[C@@]12C#N. The van der Waals surface area contributed by atoms with Crippen molar-refractivity contribution in [3.05, 3.63) is 17.7 Å². The average molecular weight is 400 g/mol. The number of methoxy groups -OCH3 is 3. The van der Waals surface area contributed by atoms with Gasteiger partial charge in [-0.3, -0.25) is 0 Å². The first-order chi connectivity index (χ1) is 13.9. The number of nitrogens with two attached hydrogens (primary N) is 1. The highest BCUT2D eigenvalue weighted by Gasteiger charge is 2.93. The zero-order chi connectivity index (χ0) is 21.4. The molecular formula is C20H24N4O5. The molecular weight excluding hydrogens is 376 g/mol. The van der Waals surface area contributed by atoms with E-state index in [2.05, 4.69) is 17.1 Å². The summed E-state index contributed by atoms with van der Waals surface area (Å²) in [5, 5.41) is 20.4. The lowest BCUT2D eigenvalue weighted by Gasteiger charge is -2.31. The topological polar surface area (TPSA) is 132 Å². The number of fused-ring (bicyclic) bond motifs is 1. The fraction of sp³-hybridized carbons (Fsp3) is 0.550. The van der Waals surface area contributed by atoms with Crippen LogP contribution in [0.5, 0.6) is 17.2 Å². The van der Waals surface area contributed by atoms with E-state index in [1.807, 2.05) is 0 Å². The van der Waals surface area contributed by atoms with Crippen molar-refractivity contribution in [3.8, 4) is 29.4 Å². The second kappa shape index (κ2) is 7.11. The summed E-state index contributed by atoms with van der Waals surface area (Å²) in [6.07, 6.45) is 0. The van der Waals surface area contributed by atoms with Crippen LogP contribution in [0.1, 0.15) is 25.3 Å². The van der Waals surface area contributed by atoms with E-state index in [1.54, 1.807) is 26.0 Å². The van der Waals surface area contributed by atoms with Crippen molar-refractivity contribution in [2.24, 2.45) is 21.6 Å². The molecule has 3 atom stereocenters. The Morgan fingerprint density at radius 1 is 1.00 bits per heavy atom. The molecule has 3 rings (SSSR count). The highest BCUT2D eigenvalue weighted by Crippen LogP contribution is 2.82. The van der Waals surface area contributed by atoms with Crippen molar-refractivity contribution in [1.82, 2.24) is 0 Å². The Hall–Kier alpha value is -3.01. The van der Waals surface area contributed by atoms with Gasteiger partial charge in [-0.05, 0) is 31.5 Å². The molecule has 2 aliphatic rings. The number of aliphatic imine (C=N–C) groups is 1. The molecule has 0 unspecified atom stereocenters. The Balaban J connectivity index is 2.26. The standard InChI is InChI=1S/C20H24N4O5/c1-6-28-20(29-7-2)19(11-22)16(18(19,10-21)17(23)24-20)12-8-13(25-3)15(27-5)14(9-12)26-4/h8-9,16H,6-7H2,1-5H3,(H2,23,24)/t16-,18-,19+/m0/s1. The first-order valence-corrected chi connectivity index (χ1v) is 9.19. The molecule has 154 valence electrons. The lowest BCUT2D eigenvalue weighted by atomic mass is 9.93. The summed E-state index contributed by atoms with van der Waals surface area (Å²) in [5.41, 5.74) is 3.99. The van der Waals surface area contributed by atoms with Crippen LogP contribution in [-0.2, 0) is 9.47 Å². The first-order valence-electron chi connectivity index (χ1n) is 9.19. The van der Waals surface area contributed by atoms with E-state index in [-0.39, 0.29) is 19.0 Å². The molecule has 1 aliphatic carbocycles. The molecule has 1 aromatic rings. The Labute approximate surface area is 169 Å². The highest BCUT2D eigenvalue weighted by molar-refractivity contribution is 6.00. The zero-order valence-electron chi connectivity index (χ0n) is 17.1. The van der Waals surface area contributed by atoms with E-state index in [0.29, 0.717) is 22.8 Å². The van der Waals surface area contributed by atoms with Crippen LogP contribution >= 0.6 is 0 Å². The normalized spacial score (nSPS) is 28.5. The number of nitriles is 2. The minimum Gasteiger partial charge on any atom is -0.493 e. The van der Waals surface area contributed by atoms with Gasteiger partial charge >= 0.3 is 0 Å². The first kappa shape index (κ1) is 20.7. The maximum Gasteiger partial charge on any atom is 0.293 e. The Bertz CT molecular complexity index is 903. The Morgan fingerprint density at radius 2 is 1.55 bits per heavy atom. The Morgan fingerprint density at radius 3 is 1.93 bits per heavy atom. The maximum atomic E-state index is 10.3. The molecule has 0 amide bonds. The van der Waals surface area contributed by atoms with Crippen molar-refractivity contribution in [3.63, 3.8) is 0 Å². The molecule has 29 heavy (non-hydrogen) atoms. The van der Waals surface area contributed by atoms with Crippen LogP contribution in [0.3, 0.4) is 0 Å². The summed E-state index contributed by atoms with van der Waals surface area (Å²) < 4.78 is 27.9. The minimum absolute atomic E-state index is 0.0159. The fourth-order valence-electron chi connectivity index (χ4n) is 4.52. The number of ether oxygens (including phenoxy) is 5. The molecule has 0 bridgehead atoms. The fourth-order valence-corrected chi connectivity index (χ4v) is 4.52. The monoisotopic (exact) mass is 400 g/mol. The van der Waals surface area contributed by atoms with E-state index < -0.39 is 22.7 Å². The van der Waals surface area contributed by atoms with Crippen molar-refractivity contribution in [1.29, 1.82) is 10.5 Å². The molecule has 0 spiro atoms. The van der Waals surface area contributed by atoms with Gasteiger partial charge < -0.3 is 29.4 Å². The van der Waals surface area contributed by atoms with Crippen LogP contribution in [0.25, 0.3) is 0 Å². The lowest BCUT2D eigenvalue weighted by Crippen LogP contribution is -2.43. The predicted octanol–water partition coefficient (Wildman–Crippen LogP) is 1.93. The third-order valence-corrected chi connectivity index (χ3v) is 5.63. The van der Waals surface area contributed by atoms with Gasteiger partial charge in [0.2, 0.25) is 5.75 Å². The maximum absolute atomic E-state index is 10.3. The van der Waals surface area contributed by atoms with Gasteiger partial charge in [0, 0.05) is 19.1 Å². The van der Waals surface area contributed by atoms with Crippen LogP contribution in [0.15, 0.2) is 17.1 Å². The molecule has 0 radical (unpaired) electrons. The van der Waals surface area contributed by atoms with Crippen LogP contribution in [0, 0.1) is 33.5 Å². The second-order valence-corrected chi connectivity index (χ2v) is 6.68. The van der Waals surface area contributed by atoms with E-state index in [4.69, 9.17) is 29.4 Å². The molecule has 1 saturated carbocycles. The number of nitrogens with zero attached hydrogens (tertiary/aromatic N) is 3. The summed E-state index contributed by atoms with van der Waals surface area (Å²) in [6, 6.07) is 7.91. The largest absolute Gasteiger partial charge is 0.493 e. The van der Waals surface area contributed by atoms with Crippen LogP contribution in [0.2, 0.25) is 0 Å². The van der Waals surface area contributed by atoms with Crippen molar-refractivity contribution < 1.29 is 23.7 Å². The molecule has 0 aromatic heterocycles. The zero-order valence-corrected chi connectivity index (χ0v) is 17.1. The number of rotatable bonds is 8. The molecule has 1 aliphatic heterocycles. The summed E-state index contributed by atoms with van der Waals surface area (Å²) in [7, 11) is 4.49. The van der Waals surface area contributed by atoms with Crippen molar-refractivity contribution >= 4 is 5.84 Å². The van der Waals surface area contributed by atoms with Crippen molar-refractivity contribution in [2.75, 3.05) is 34.5 Å².